The molecule has 128 valence electrons. The summed E-state index contributed by atoms with van der Waals surface area (Å²) < 4.78 is 3.67. The normalized spacial score (nSPS) is 14.8. The van der Waals surface area contributed by atoms with E-state index in [1.807, 2.05) is 59.2 Å². The van der Waals surface area contributed by atoms with Crippen LogP contribution in [0.2, 0.25) is 0 Å². The van der Waals surface area contributed by atoms with Crippen molar-refractivity contribution in [3.8, 4) is 5.82 Å². The van der Waals surface area contributed by atoms with Gasteiger partial charge in [0.15, 0.2) is 0 Å². The van der Waals surface area contributed by atoms with Gasteiger partial charge in [-0.05, 0) is 24.3 Å². The molecule has 1 saturated heterocycles. The number of hydrogen-bond acceptors (Lipinski definition) is 3. The van der Waals surface area contributed by atoms with E-state index in [0.717, 1.165) is 18.9 Å². The summed E-state index contributed by atoms with van der Waals surface area (Å²) in [5.74, 6) is 0.852. The molecule has 3 heterocycles. The number of benzene rings is 1. The average molecular weight is 335 g/mol. The van der Waals surface area contributed by atoms with Crippen LogP contribution in [0.15, 0.2) is 61.1 Å². The highest BCUT2D eigenvalue weighted by Crippen LogP contribution is 2.19. The van der Waals surface area contributed by atoms with Gasteiger partial charge in [-0.15, -0.1) is 0 Å². The number of aryl methyl sites for hydroxylation is 1. The van der Waals surface area contributed by atoms with E-state index in [4.69, 9.17) is 0 Å². The number of amides is 1. The van der Waals surface area contributed by atoms with Gasteiger partial charge in [0.25, 0.3) is 5.91 Å². The number of carbonyl (C=O) groups excluding carboxylic acids is 1. The van der Waals surface area contributed by atoms with Crippen molar-refractivity contribution in [1.29, 1.82) is 0 Å². The lowest BCUT2D eigenvalue weighted by Gasteiger charge is -2.36. The highest BCUT2D eigenvalue weighted by Gasteiger charge is 2.26. The molecule has 0 aliphatic carbocycles. The summed E-state index contributed by atoms with van der Waals surface area (Å²) in [7, 11) is 1.86. The van der Waals surface area contributed by atoms with Crippen LogP contribution in [0.3, 0.4) is 0 Å². The molecule has 6 heteroatoms. The second kappa shape index (κ2) is 6.47. The van der Waals surface area contributed by atoms with Crippen LogP contribution in [0.25, 0.3) is 5.82 Å². The maximum Gasteiger partial charge on any atom is 0.259 e. The van der Waals surface area contributed by atoms with Crippen LogP contribution in [-0.4, -0.2) is 51.3 Å². The zero-order valence-electron chi connectivity index (χ0n) is 14.2. The molecular weight excluding hydrogens is 314 g/mol. The van der Waals surface area contributed by atoms with Gasteiger partial charge in [-0.25, -0.2) is 0 Å². The predicted octanol–water partition coefficient (Wildman–Crippen LogP) is 2.17. The number of anilines is 1. The highest BCUT2D eigenvalue weighted by molar-refractivity contribution is 5.97. The van der Waals surface area contributed by atoms with Crippen LogP contribution in [0, 0.1) is 0 Å². The van der Waals surface area contributed by atoms with E-state index in [9.17, 15) is 4.79 Å². The topological polar surface area (TPSA) is 46.3 Å². The first-order valence-corrected chi connectivity index (χ1v) is 8.48. The zero-order valence-corrected chi connectivity index (χ0v) is 14.2. The van der Waals surface area contributed by atoms with Crippen molar-refractivity contribution in [3.05, 3.63) is 66.6 Å². The van der Waals surface area contributed by atoms with E-state index in [0.29, 0.717) is 18.7 Å². The van der Waals surface area contributed by atoms with Crippen LogP contribution >= 0.6 is 0 Å². The summed E-state index contributed by atoms with van der Waals surface area (Å²) in [6, 6.07) is 14.2. The third kappa shape index (κ3) is 2.91. The molecule has 25 heavy (non-hydrogen) atoms. The lowest BCUT2D eigenvalue weighted by atomic mass is 10.2. The minimum atomic E-state index is 0.0458. The molecule has 0 N–H and O–H groups in total. The fraction of sp³-hybridized carbons (Fsp3) is 0.263. The molecule has 1 aliphatic heterocycles. The molecule has 0 spiro atoms. The molecule has 1 amide bonds. The lowest BCUT2D eigenvalue weighted by molar-refractivity contribution is 0.0746. The fourth-order valence-electron chi connectivity index (χ4n) is 3.34. The van der Waals surface area contributed by atoms with Crippen molar-refractivity contribution in [2.45, 2.75) is 0 Å². The van der Waals surface area contributed by atoms with Gasteiger partial charge in [0.2, 0.25) is 0 Å². The van der Waals surface area contributed by atoms with Crippen molar-refractivity contribution < 1.29 is 4.79 Å². The Labute approximate surface area is 146 Å². The summed E-state index contributed by atoms with van der Waals surface area (Å²) >= 11 is 0. The number of hydrogen-bond donors (Lipinski definition) is 0. The van der Waals surface area contributed by atoms with E-state index < -0.39 is 0 Å². The largest absolute Gasteiger partial charge is 0.368 e. The van der Waals surface area contributed by atoms with Crippen molar-refractivity contribution >= 4 is 11.6 Å². The van der Waals surface area contributed by atoms with E-state index >= 15 is 0 Å². The average Bonchev–Trinajstić information content (AvgIpc) is 3.31. The van der Waals surface area contributed by atoms with Crippen molar-refractivity contribution in [2.75, 3.05) is 31.1 Å². The van der Waals surface area contributed by atoms with Crippen molar-refractivity contribution in [3.63, 3.8) is 0 Å². The Morgan fingerprint density at radius 1 is 0.960 bits per heavy atom. The number of rotatable bonds is 3. The van der Waals surface area contributed by atoms with E-state index in [1.54, 1.807) is 10.9 Å². The second-order valence-electron chi connectivity index (χ2n) is 6.21. The first-order chi connectivity index (χ1) is 12.2. The standard InChI is InChI=1S/C19H21N5O/c1-21-18(23-9-5-6-10-23)17(15-20-21)19(25)24-13-11-22(12-14-24)16-7-3-2-4-8-16/h2-10,15H,11-14H2,1H3. The first kappa shape index (κ1) is 15.5. The SMILES string of the molecule is Cn1ncc(C(=O)N2CCN(c3ccccc3)CC2)c1-n1cccc1. The smallest absolute Gasteiger partial charge is 0.259 e. The van der Waals surface area contributed by atoms with Crippen LogP contribution in [0.4, 0.5) is 5.69 Å². The molecule has 1 aliphatic rings. The van der Waals surface area contributed by atoms with Gasteiger partial charge in [-0.1, -0.05) is 18.2 Å². The molecule has 2 aromatic heterocycles. The highest BCUT2D eigenvalue weighted by atomic mass is 16.2. The number of para-hydroxylation sites is 1. The Morgan fingerprint density at radius 2 is 1.64 bits per heavy atom. The molecule has 3 aromatic rings. The van der Waals surface area contributed by atoms with Gasteiger partial charge in [-0.2, -0.15) is 5.10 Å². The zero-order chi connectivity index (χ0) is 17.2. The van der Waals surface area contributed by atoms with Crippen molar-refractivity contribution in [1.82, 2.24) is 19.2 Å². The second-order valence-corrected chi connectivity index (χ2v) is 6.21. The summed E-state index contributed by atoms with van der Waals surface area (Å²) in [6.07, 6.45) is 5.53. The monoisotopic (exact) mass is 335 g/mol. The summed E-state index contributed by atoms with van der Waals surface area (Å²) in [5, 5.41) is 4.29. The summed E-state index contributed by atoms with van der Waals surface area (Å²) in [4.78, 5) is 17.3. The number of piperazine rings is 1. The Balaban J connectivity index is 1.50. The molecule has 4 rings (SSSR count). The molecule has 0 radical (unpaired) electrons. The van der Waals surface area contributed by atoms with E-state index in [-0.39, 0.29) is 5.91 Å². The minimum absolute atomic E-state index is 0.0458. The molecule has 0 atom stereocenters. The lowest BCUT2D eigenvalue weighted by Crippen LogP contribution is -2.48. The van der Waals surface area contributed by atoms with Gasteiger partial charge in [0.05, 0.1) is 6.20 Å². The molecule has 0 unspecified atom stereocenters. The number of nitrogens with zero attached hydrogens (tertiary/aromatic N) is 5. The fourth-order valence-corrected chi connectivity index (χ4v) is 3.34. The van der Waals surface area contributed by atoms with Gasteiger partial charge >= 0.3 is 0 Å². The number of aromatic nitrogens is 3. The molecule has 0 bridgehead atoms. The van der Waals surface area contributed by atoms with Crippen LogP contribution in [0.1, 0.15) is 10.4 Å². The predicted molar refractivity (Wildman–Crippen MR) is 97.1 cm³/mol. The molecular formula is C19H21N5O. The molecule has 6 nitrogen and oxygen atoms in total. The molecule has 1 aromatic carbocycles. The Kier molecular flexibility index (Phi) is 4.01. The van der Waals surface area contributed by atoms with Crippen molar-refractivity contribution in [2.24, 2.45) is 7.05 Å². The van der Waals surface area contributed by atoms with Gasteiger partial charge < -0.3 is 14.4 Å². The Bertz CT molecular complexity index is 845. The van der Waals surface area contributed by atoms with Gasteiger partial charge in [-0.3, -0.25) is 9.48 Å². The third-order valence-corrected chi connectivity index (χ3v) is 4.68. The maximum atomic E-state index is 13.0. The van der Waals surface area contributed by atoms with E-state index in [2.05, 4.69) is 22.1 Å². The third-order valence-electron chi connectivity index (χ3n) is 4.68. The van der Waals surface area contributed by atoms with Crippen LogP contribution in [0.5, 0.6) is 0 Å². The quantitative estimate of drug-likeness (QED) is 0.737. The Morgan fingerprint density at radius 3 is 2.32 bits per heavy atom. The first-order valence-electron chi connectivity index (χ1n) is 8.48. The number of carbonyl (C=O) groups is 1. The Hall–Kier alpha value is -3.02. The van der Waals surface area contributed by atoms with Gasteiger partial charge in [0.1, 0.15) is 11.4 Å². The molecule has 1 fully saturated rings. The summed E-state index contributed by atoms with van der Waals surface area (Å²) in [6.45, 7) is 3.12. The van der Waals surface area contributed by atoms with Crippen LogP contribution in [-0.2, 0) is 7.05 Å². The minimum Gasteiger partial charge on any atom is -0.368 e. The van der Waals surface area contributed by atoms with Crippen LogP contribution < -0.4 is 4.90 Å². The van der Waals surface area contributed by atoms with Gasteiger partial charge in [0, 0.05) is 51.3 Å². The summed E-state index contributed by atoms with van der Waals surface area (Å²) in [5.41, 5.74) is 1.86. The van der Waals surface area contributed by atoms with E-state index in [1.165, 1.54) is 5.69 Å². The molecule has 0 saturated carbocycles. The maximum absolute atomic E-state index is 13.0.